The van der Waals surface area contributed by atoms with Gasteiger partial charge < -0.3 is 19.2 Å². The summed E-state index contributed by atoms with van der Waals surface area (Å²) in [6.07, 6.45) is 9.28. The lowest BCUT2D eigenvalue weighted by Crippen LogP contribution is -2.40. The standard InChI is InChI=1S/C19H22N4O2/c1-24-16-4-2-15(3-5-16)19(6-10-25-11-7-19)13-22-18-17-12-20-14-23(17)9-8-21-18/h2-5,8-9,12,14H,6-7,10-11,13H2,1H3,(H,21,22). The van der Waals surface area contributed by atoms with Gasteiger partial charge >= 0.3 is 0 Å². The normalized spacial score (nSPS) is 16.7. The van der Waals surface area contributed by atoms with Gasteiger partial charge in [-0.15, -0.1) is 0 Å². The van der Waals surface area contributed by atoms with Crippen LogP contribution < -0.4 is 10.1 Å². The zero-order valence-corrected chi connectivity index (χ0v) is 14.3. The van der Waals surface area contributed by atoms with Crippen molar-refractivity contribution in [2.45, 2.75) is 18.3 Å². The summed E-state index contributed by atoms with van der Waals surface area (Å²) in [5.41, 5.74) is 2.32. The average Bonchev–Trinajstić information content (AvgIpc) is 3.16. The molecule has 0 saturated carbocycles. The Labute approximate surface area is 146 Å². The van der Waals surface area contributed by atoms with Gasteiger partial charge in [-0.05, 0) is 30.5 Å². The number of imidazole rings is 1. The van der Waals surface area contributed by atoms with E-state index >= 15 is 0 Å². The largest absolute Gasteiger partial charge is 0.497 e. The minimum atomic E-state index is 0.0268. The molecule has 1 saturated heterocycles. The summed E-state index contributed by atoms with van der Waals surface area (Å²) >= 11 is 0. The van der Waals surface area contributed by atoms with E-state index in [4.69, 9.17) is 9.47 Å². The monoisotopic (exact) mass is 338 g/mol. The number of anilines is 1. The van der Waals surface area contributed by atoms with E-state index < -0.39 is 0 Å². The summed E-state index contributed by atoms with van der Waals surface area (Å²) in [6, 6.07) is 8.39. The molecule has 1 aromatic carbocycles. The van der Waals surface area contributed by atoms with Crippen LogP contribution in [0.3, 0.4) is 0 Å². The number of nitrogens with zero attached hydrogens (tertiary/aromatic N) is 3. The first kappa shape index (κ1) is 15.9. The highest BCUT2D eigenvalue weighted by Crippen LogP contribution is 2.36. The Morgan fingerprint density at radius 1 is 1.24 bits per heavy atom. The molecule has 1 N–H and O–H groups in total. The number of hydrogen-bond acceptors (Lipinski definition) is 5. The van der Waals surface area contributed by atoms with E-state index in [-0.39, 0.29) is 5.41 Å². The second-order valence-electron chi connectivity index (χ2n) is 6.44. The SMILES string of the molecule is COc1ccc(C2(CNc3nccn4cncc34)CCOCC2)cc1. The van der Waals surface area contributed by atoms with Crippen molar-refractivity contribution in [2.24, 2.45) is 0 Å². The van der Waals surface area contributed by atoms with Crippen molar-refractivity contribution in [3.8, 4) is 5.75 Å². The summed E-state index contributed by atoms with van der Waals surface area (Å²) in [5.74, 6) is 1.74. The molecule has 0 radical (unpaired) electrons. The van der Waals surface area contributed by atoms with E-state index in [1.807, 2.05) is 28.9 Å². The molecule has 6 nitrogen and oxygen atoms in total. The Balaban J connectivity index is 1.61. The maximum atomic E-state index is 5.62. The fourth-order valence-corrected chi connectivity index (χ4v) is 3.52. The molecule has 3 heterocycles. The lowest BCUT2D eigenvalue weighted by atomic mass is 9.74. The lowest BCUT2D eigenvalue weighted by Gasteiger charge is -2.38. The summed E-state index contributed by atoms with van der Waals surface area (Å²) in [4.78, 5) is 8.69. The second-order valence-corrected chi connectivity index (χ2v) is 6.44. The molecule has 0 spiro atoms. The van der Waals surface area contributed by atoms with Crippen LogP contribution in [0.4, 0.5) is 5.82 Å². The third kappa shape index (κ3) is 3.05. The van der Waals surface area contributed by atoms with Gasteiger partial charge in [-0.25, -0.2) is 9.97 Å². The first-order valence-electron chi connectivity index (χ1n) is 8.54. The quantitative estimate of drug-likeness (QED) is 0.775. The zero-order chi connectivity index (χ0) is 17.1. The number of fused-ring (bicyclic) bond motifs is 1. The Hall–Kier alpha value is -2.60. The fraction of sp³-hybridized carbons (Fsp3) is 0.368. The number of rotatable bonds is 5. The van der Waals surface area contributed by atoms with Crippen molar-refractivity contribution in [2.75, 3.05) is 32.2 Å². The maximum Gasteiger partial charge on any atom is 0.152 e. The van der Waals surface area contributed by atoms with Crippen molar-refractivity contribution in [3.63, 3.8) is 0 Å². The highest BCUT2D eigenvalue weighted by Gasteiger charge is 2.34. The van der Waals surface area contributed by atoms with E-state index in [0.717, 1.165) is 49.7 Å². The molecule has 4 rings (SSSR count). The molecular formula is C19H22N4O2. The number of benzene rings is 1. The summed E-state index contributed by atoms with van der Waals surface area (Å²) < 4.78 is 12.9. The molecule has 0 aliphatic carbocycles. The van der Waals surface area contributed by atoms with E-state index in [2.05, 4.69) is 27.4 Å². The van der Waals surface area contributed by atoms with Crippen LogP contribution in [0.15, 0.2) is 49.2 Å². The molecule has 1 aliphatic heterocycles. The third-order valence-corrected chi connectivity index (χ3v) is 5.09. The number of aromatic nitrogens is 3. The molecule has 3 aromatic rings. The molecule has 0 amide bonds. The van der Waals surface area contributed by atoms with Crippen LogP contribution in [0.2, 0.25) is 0 Å². The van der Waals surface area contributed by atoms with Crippen molar-refractivity contribution in [3.05, 3.63) is 54.7 Å². The van der Waals surface area contributed by atoms with Gasteiger partial charge in [0.25, 0.3) is 0 Å². The highest BCUT2D eigenvalue weighted by molar-refractivity contribution is 5.66. The molecule has 130 valence electrons. The van der Waals surface area contributed by atoms with Crippen molar-refractivity contribution < 1.29 is 9.47 Å². The molecule has 0 unspecified atom stereocenters. The van der Waals surface area contributed by atoms with Gasteiger partial charge in [-0.2, -0.15) is 0 Å². The van der Waals surface area contributed by atoms with E-state index in [1.54, 1.807) is 19.6 Å². The summed E-state index contributed by atoms with van der Waals surface area (Å²) in [5, 5.41) is 3.55. The zero-order valence-electron chi connectivity index (χ0n) is 14.3. The molecule has 25 heavy (non-hydrogen) atoms. The van der Waals surface area contributed by atoms with Crippen LogP contribution in [-0.4, -0.2) is 41.2 Å². The molecule has 1 fully saturated rings. The van der Waals surface area contributed by atoms with Gasteiger partial charge in [0.2, 0.25) is 0 Å². The van der Waals surface area contributed by atoms with Crippen molar-refractivity contribution >= 4 is 11.3 Å². The molecule has 0 atom stereocenters. The second kappa shape index (κ2) is 6.72. The van der Waals surface area contributed by atoms with Gasteiger partial charge in [0.05, 0.1) is 19.6 Å². The van der Waals surface area contributed by atoms with Crippen LogP contribution in [0, 0.1) is 0 Å². The Morgan fingerprint density at radius 3 is 2.80 bits per heavy atom. The van der Waals surface area contributed by atoms with E-state index in [9.17, 15) is 0 Å². The molecular weight excluding hydrogens is 316 g/mol. The minimum absolute atomic E-state index is 0.0268. The van der Waals surface area contributed by atoms with Crippen molar-refractivity contribution in [1.82, 2.24) is 14.4 Å². The van der Waals surface area contributed by atoms with Crippen LogP contribution in [0.1, 0.15) is 18.4 Å². The predicted molar refractivity (Wildman–Crippen MR) is 96.2 cm³/mol. The molecule has 0 bridgehead atoms. The number of nitrogens with one attached hydrogen (secondary N) is 1. The Morgan fingerprint density at radius 2 is 2.04 bits per heavy atom. The topological polar surface area (TPSA) is 60.7 Å². The smallest absolute Gasteiger partial charge is 0.152 e. The van der Waals surface area contributed by atoms with Crippen molar-refractivity contribution in [1.29, 1.82) is 0 Å². The first-order chi connectivity index (χ1) is 12.3. The maximum absolute atomic E-state index is 5.62. The molecule has 2 aromatic heterocycles. The van der Waals surface area contributed by atoms with Crippen LogP contribution in [-0.2, 0) is 10.2 Å². The van der Waals surface area contributed by atoms with Gasteiger partial charge in [0.1, 0.15) is 11.3 Å². The number of methoxy groups -OCH3 is 1. The van der Waals surface area contributed by atoms with Crippen LogP contribution in [0.25, 0.3) is 5.52 Å². The number of ether oxygens (including phenoxy) is 2. The van der Waals surface area contributed by atoms with Gasteiger partial charge in [0, 0.05) is 37.6 Å². The predicted octanol–water partition coefficient (Wildman–Crippen LogP) is 2.90. The number of hydrogen-bond donors (Lipinski definition) is 1. The Kier molecular flexibility index (Phi) is 4.28. The van der Waals surface area contributed by atoms with E-state index in [1.165, 1.54) is 5.56 Å². The third-order valence-electron chi connectivity index (χ3n) is 5.09. The fourth-order valence-electron chi connectivity index (χ4n) is 3.52. The minimum Gasteiger partial charge on any atom is -0.497 e. The van der Waals surface area contributed by atoms with E-state index in [0.29, 0.717) is 0 Å². The average molecular weight is 338 g/mol. The van der Waals surface area contributed by atoms with Crippen LogP contribution >= 0.6 is 0 Å². The molecule has 6 heteroatoms. The van der Waals surface area contributed by atoms with Gasteiger partial charge in [-0.1, -0.05) is 12.1 Å². The molecule has 1 aliphatic rings. The summed E-state index contributed by atoms with van der Waals surface area (Å²) in [7, 11) is 1.69. The summed E-state index contributed by atoms with van der Waals surface area (Å²) in [6.45, 7) is 2.36. The van der Waals surface area contributed by atoms with Gasteiger partial charge in [-0.3, -0.25) is 0 Å². The lowest BCUT2D eigenvalue weighted by molar-refractivity contribution is 0.0543. The van der Waals surface area contributed by atoms with Gasteiger partial charge in [0.15, 0.2) is 5.82 Å². The first-order valence-corrected chi connectivity index (χ1v) is 8.54. The highest BCUT2D eigenvalue weighted by atomic mass is 16.5. The van der Waals surface area contributed by atoms with Crippen LogP contribution in [0.5, 0.6) is 5.75 Å². The Bertz CT molecular complexity index is 838.